The van der Waals surface area contributed by atoms with Crippen LogP contribution in [0.25, 0.3) is 10.9 Å². The highest BCUT2D eigenvalue weighted by atomic mass is 16.2. The van der Waals surface area contributed by atoms with Gasteiger partial charge in [-0.3, -0.25) is 0 Å². The van der Waals surface area contributed by atoms with Crippen LogP contribution in [0, 0.1) is 11.8 Å². The summed E-state index contributed by atoms with van der Waals surface area (Å²) in [4.78, 5) is 3.11. The van der Waals surface area contributed by atoms with Crippen LogP contribution in [-0.4, -0.2) is 16.7 Å². The molecule has 0 aliphatic rings. The molecule has 0 fully saturated rings. The Morgan fingerprint density at radius 2 is 2.23 bits per heavy atom. The van der Waals surface area contributed by atoms with Crippen molar-refractivity contribution in [3.05, 3.63) is 36.0 Å². The summed E-state index contributed by atoms with van der Waals surface area (Å²) < 4.78 is 0. The lowest BCUT2D eigenvalue weighted by Crippen LogP contribution is -1.77. The lowest BCUT2D eigenvalue weighted by atomic mass is 10.1. The van der Waals surface area contributed by atoms with Gasteiger partial charge in [-0.05, 0) is 18.2 Å². The highest BCUT2D eigenvalue weighted by molar-refractivity contribution is 5.85. The number of aliphatic hydroxyl groups excluding tert-OH is 1. The van der Waals surface area contributed by atoms with Crippen LogP contribution < -0.4 is 0 Å². The summed E-state index contributed by atoms with van der Waals surface area (Å²) in [6.07, 6.45) is 1.88. The molecule has 0 atom stereocenters. The van der Waals surface area contributed by atoms with E-state index < -0.39 is 0 Å². The van der Waals surface area contributed by atoms with Gasteiger partial charge in [0, 0.05) is 22.7 Å². The molecule has 2 rings (SSSR count). The third-order valence-corrected chi connectivity index (χ3v) is 1.90. The van der Waals surface area contributed by atoms with Crippen molar-refractivity contribution in [1.82, 2.24) is 4.98 Å². The van der Waals surface area contributed by atoms with Crippen LogP contribution in [0.4, 0.5) is 0 Å². The quantitative estimate of drug-likeness (QED) is 0.579. The summed E-state index contributed by atoms with van der Waals surface area (Å²) >= 11 is 0. The minimum Gasteiger partial charge on any atom is -0.384 e. The van der Waals surface area contributed by atoms with E-state index in [1.54, 1.807) is 0 Å². The van der Waals surface area contributed by atoms with Gasteiger partial charge in [-0.2, -0.15) is 0 Å². The van der Waals surface area contributed by atoms with Crippen molar-refractivity contribution in [2.45, 2.75) is 0 Å². The molecule has 64 valence electrons. The van der Waals surface area contributed by atoms with Crippen LogP contribution in [0.3, 0.4) is 0 Å². The van der Waals surface area contributed by atoms with Crippen molar-refractivity contribution < 1.29 is 5.11 Å². The molecular weight excluding hydrogens is 162 g/mol. The summed E-state index contributed by atoms with van der Waals surface area (Å²) in [5.41, 5.74) is 2.03. The van der Waals surface area contributed by atoms with E-state index in [1.165, 1.54) is 0 Å². The lowest BCUT2D eigenvalue weighted by Gasteiger charge is -1.92. The maximum Gasteiger partial charge on any atom is 0.104 e. The topological polar surface area (TPSA) is 36.0 Å². The number of aromatic nitrogens is 1. The van der Waals surface area contributed by atoms with Crippen LogP contribution >= 0.6 is 0 Å². The molecule has 1 heterocycles. The molecule has 2 N–H and O–H groups in total. The van der Waals surface area contributed by atoms with Crippen molar-refractivity contribution in [3.8, 4) is 11.8 Å². The number of fused-ring (bicyclic) bond motifs is 1. The van der Waals surface area contributed by atoms with Crippen molar-refractivity contribution in [2.24, 2.45) is 0 Å². The zero-order chi connectivity index (χ0) is 9.10. The highest BCUT2D eigenvalue weighted by Gasteiger charge is 1.96. The molecule has 0 unspecified atom stereocenters. The van der Waals surface area contributed by atoms with Gasteiger partial charge in [-0.25, -0.2) is 0 Å². The number of hydrogen-bond donors (Lipinski definition) is 2. The monoisotopic (exact) mass is 171 g/mol. The van der Waals surface area contributed by atoms with Crippen LogP contribution in [-0.2, 0) is 0 Å². The van der Waals surface area contributed by atoms with Gasteiger partial charge in [0.2, 0.25) is 0 Å². The van der Waals surface area contributed by atoms with E-state index in [4.69, 9.17) is 5.11 Å². The zero-order valence-electron chi connectivity index (χ0n) is 7.04. The molecule has 0 aliphatic heterocycles. The van der Waals surface area contributed by atoms with Gasteiger partial charge in [-0.1, -0.05) is 17.9 Å². The van der Waals surface area contributed by atoms with E-state index >= 15 is 0 Å². The van der Waals surface area contributed by atoms with E-state index in [0.717, 1.165) is 16.5 Å². The standard InChI is InChI=1S/C11H9NO/c13-8-2-4-9-3-1-5-11-10(9)6-7-12-11/h1,3,5-7,12-13H,8H2. The normalized spacial score (nSPS) is 9.62. The van der Waals surface area contributed by atoms with Gasteiger partial charge in [0.1, 0.15) is 6.61 Å². The van der Waals surface area contributed by atoms with Crippen LogP contribution in [0.1, 0.15) is 5.56 Å². The molecule has 1 aromatic heterocycles. The highest BCUT2D eigenvalue weighted by Crippen LogP contribution is 2.15. The number of nitrogens with one attached hydrogen (secondary N) is 1. The Balaban J connectivity index is 2.61. The van der Waals surface area contributed by atoms with E-state index in [1.807, 2.05) is 30.5 Å². The molecule has 2 nitrogen and oxygen atoms in total. The molecular formula is C11H9NO. The number of hydrogen-bond acceptors (Lipinski definition) is 1. The molecule has 1 aromatic carbocycles. The Morgan fingerprint density at radius 1 is 1.31 bits per heavy atom. The van der Waals surface area contributed by atoms with Gasteiger partial charge in [-0.15, -0.1) is 0 Å². The van der Waals surface area contributed by atoms with Crippen molar-refractivity contribution in [3.63, 3.8) is 0 Å². The maximum absolute atomic E-state index is 8.57. The number of aliphatic hydroxyl groups is 1. The molecule has 2 heteroatoms. The predicted molar refractivity (Wildman–Crippen MR) is 52.3 cm³/mol. The Bertz CT molecular complexity index is 473. The second kappa shape index (κ2) is 3.34. The number of H-pyrrole nitrogens is 1. The molecule has 0 bridgehead atoms. The Kier molecular flexibility index (Phi) is 2.03. The van der Waals surface area contributed by atoms with Crippen LogP contribution in [0.15, 0.2) is 30.5 Å². The first-order valence-corrected chi connectivity index (χ1v) is 4.07. The second-order valence-corrected chi connectivity index (χ2v) is 2.70. The fraction of sp³-hybridized carbons (Fsp3) is 0.0909. The van der Waals surface area contributed by atoms with E-state index in [-0.39, 0.29) is 6.61 Å². The predicted octanol–water partition coefficient (Wildman–Crippen LogP) is 1.51. The Labute approximate surface area is 76.2 Å². The first-order chi connectivity index (χ1) is 6.42. The molecule has 13 heavy (non-hydrogen) atoms. The largest absolute Gasteiger partial charge is 0.384 e. The smallest absolute Gasteiger partial charge is 0.104 e. The summed E-state index contributed by atoms with van der Waals surface area (Å²) in [5, 5.41) is 9.67. The van der Waals surface area contributed by atoms with Gasteiger partial charge >= 0.3 is 0 Å². The average Bonchev–Trinajstić information content (AvgIpc) is 2.62. The third-order valence-electron chi connectivity index (χ3n) is 1.90. The van der Waals surface area contributed by atoms with Gasteiger partial charge in [0.05, 0.1) is 0 Å². The second-order valence-electron chi connectivity index (χ2n) is 2.70. The molecule has 0 saturated carbocycles. The van der Waals surface area contributed by atoms with E-state index in [2.05, 4.69) is 16.8 Å². The molecule has 0 aliphatic carbocycles. The number of aromatic amines is 1. The molecule has 0 saturated heterocycles. The van der Waals surface area contributed by atoms with Crippen molar-refractivity contribution in [1.29, 1.82) is 0 Å². The zero-order valence-corrected chi connectivity index (χ0v) is 7.04. The Hall–Kier alpha value is -1.72. The minimum absolute atomic E-state index is 0.0964. The summed E-state index contributed by atoms with van der Waals surface area (Å²) in [7, 11) is 0. The van der Waals surface area contributed by atoms with E-state index in [0.29, 0.717) is 0 Å². The maximum atomic E-state index is 8.57. The number of rotatable bonds is 0. The van der Waals surface area contributed by atoms with Crippen LogP contribution in [0.2, 0.25) is 0 Å². The average molecular weight is 171 g/mol. The van der Waals surface area contributed by atoms with Gasteiger partial charge in [0.15, 0.2) is 0 Å². The van der Waals surface area contributed by atoms with Crippen LogP contribution in [0.5, 0.6) is 0 Å². The Morgan fingerprint density at radius 3 is 3.08 bits per heavy atom. The van der Waals surface area contributed by atoms with Crippen molar-refractivity contribution >= 4 is 10.9 Å². The lowest BCUT2D eigenvalue weighted by molar-refractivity contribution is 0.350. The first-order valence-electron chi connectivity index (χ1n) is 4.07. The summed E-state index contributed by atoms with van der Waals surface area (Å²) in [6.45, 7) is -0.0964. The molecule has 0 radical (unpaired) electrons. The van der Waals surface area contributed by atoms with Crippen molar-refractivity contribution in [2.75, 3.05) is 6.61 Å². The number of benzene rings is 1. The fourth-order valence-corrected chi connectivity index (χ4v) is 1.33. The SMILES string of the molecule is OCC#Cc1cccc2[nH]ccc12. The fourth-order valence-electron chi connectivity index (χ4n) is 1.33. The summed E-state index contributed by atoms with van der Waals surface area (Å²) in [5.74, 6) is 5.54. The summed E-state index contributed by atoms with van der Waals surface area (Å²) in [6, 6.07) is 7.87. The minimum atomic E-state index is -0.0964. The van der Waals surface area contributed by atoms with Gasteiger partial charge in [0.25, 0.3) is 0 Å². The van der Waals surface area contributed by atoms with Gasteiger partial charge < -0.3 is 10.1 Å². The van der Waals surface area contributed by atoms with E-state index in [9.17, 15) is 0 Å². The molecule has 0 amide bonds. The molecule has 2 aromatic rings. The third kappa shape index (κ3) is 1.42. The molecule has 0 spiro atoms. The first kappa shape index (κ1) is 7.90.